The van der Waals surface area contributed by atoms with Gasteiger partial charge in [0.2, 0.25) is 0 Å². The van der Waals surface area contributed by atoms with Gasteiger partial charge in [0.15, 0.2) is 0 Å². The van der Waals surface area contributed by atoms with E-state index in [4.69, 9.17) is 10.5 Å². The molecule has 98 valence electrons. The molecule has 3 rings (SSSR count). The Labute approximate surface area is 111 Å². The molecular formula is C14H16N4O. The van der Waals surface area contributed by atoms with Crippen molar-refractivity contribution < 1.29 is 4.74 Å². The predicted molar refractivity (Wildman–Crippen MR) is 71.6 cm³/mol. The molecule has 0 aliphatic carbocycles. The van der Waals surface area contributed by atoms with E-state index >= 15 is 0 Å². The van der Waals surface area contributed by atoms with Crippen molar-refractivity contribution in [3.8, 4) is 11.4 Å². The third-order valence-corrected chi connectivity index (χ3v) is 3.40. The zero-order chi connectivity index (χ0) is 13.3. The molecule has 0 spiro atoms. The van der Waals surface area contributed by atoms with Crippen molar-refractivity contribution in [1.82, 2.24) is 15.0 Å². The Morgan fingerprint density at radius 1 is 1.26 bits per heavy atom. The van der Waals surface area contributed by atoms with Crippen LogP contribution in [0.2, 0.25) is 0 Å². The number of hydrogen-bond acceptors (Lipinski definition) is 5. The van der Waals surface area contributed by atoms with Crippen LogP contribution in [-0.4, -0.2) is 34.7 Å². The smallest absolute Gasteiger partial charge is 0.141 e. The lowest BCUT2D eigenvalue weighted by molar-refractivity contribution is -0.0594. The Balaban J connectivity index is 2.06. The third kappa shape index (κ3) is 2.11. The highest BCUT2D eigenvalue weighted by Gasteiger charge is 2.42. The number of aromatic nitrogens is 3. The van der Waals surface area contributed by atoms with Crippen molar-refractivity contribution in [2.24, 2.45) is 5.73 Å². The predicted octanol–water partition coefficient (Wildman–Crippen LogP) is 1.07. The second kappa shape index (κ2) is 4.68. The van der Waals surface area contributed by atoms with E-state index in [1.165, 1.54) is 0 Å². The van der Waals surface area contributed by atoms with E-state index in [0.717, 1.165) is 22.9 Å². The topological polar surface area (TPSA) is 73.9 Å². The normalized spacial score (nSPS) is 16.9. The number of hydrogen-bond donors (Lipinski definition) is 1. The van der Waals surface area contributed by atoms with Gasteiger partial charge in [0.25, 0.3) is 0 Å². The Morgan fingerprint density at radius 3 is 2.68 bits per heavy atom. The minimum Gasteiger partial charge on any atom is -0.379 e. The number of pyridine rings is 1. The molecule has 2 aromatic heterocycles. The van der Waals surface area contributed by atoms with Crippen molar-refractivity contribution in [3.63, 3.8) is 0 Å². The molecular weight excluding hydrogens is 240 g/mol. The van der Waals surface area contributed by atoms with E-state index in [1.807, 2.05) is 31.2 Å². The summed E-state index contributed by atoms with van der Waals surface area (Å²) >= 11 is 0. The molecule has 1 saturated heterocycles. The second-order valence-electron chi connectivity index (χ2n) is 4.91. The number of aryl methyl sites for hydroxylation is 1. The van der Waals surface area contributed by atoms with Crippen LogP contribution in [0.25, 0.3) is 11.4 Å². The largest absolute Gasteiger partial charge is 0.379 e. The van der Waals surface area contributed by atoms with E-state index in [9.17, 15) is 0 Å². The van der Waals surface area contributed by atoms with Gasteiger partial charge in [0.05, 0.1) is 30.0 Å². The van der Waals surface area contributed by atoms with Crippen LogP contribution in [0.3, 0.4) is 0 Å². The fourth-order valence-corrected chi connectivity index (χ4v) is 2.14. The average molecular weight is 256 g/mol. The zero-order valence-electron chi connectivity index (χ0n) is 10.8. The lowest BCUT2D eigenvalue weighted by atomic mass is 9.85. The Hall–Kier alpha value is -1.85. The first-order chi connectivity index (χ1) is 9.23. The highest BCUT2D eigenvalue weighted by Crippen LogP contribution is 2.30. The van der Waals surface area contributed by atoms with Gasteiger partial charge in [-0.15, -0.1) is 0 Å². The fourth-order valence-electron chi connectivity index (χ4n) is 2.14. The minimum atomic E-state index is -0.227. The van der Waals surface area contributed by atoms with E-state index < -0.39 is 0 Å². The summed E-state index contributed by atoms with van der Waals surface area (Å²) in [7, 11) is 0. The first kappa shape index (κ1) is 12.2. The van der Waals surface area contributed by atoms with Crippen LogP contribution in [0.15, 0.2) is 30.5 Å². The van der Waals surface area contributed by atoms with Crippen LogP contribution < -0.4 is 5.73 Å². The number of nitrogens with zero attached hydrogens (tertiary/aromatic N) is 3. The third-order valence-electron chi connectivity index (χ3n) is 3.40. The van der Waals surface area contributed by atoms with Crippen LogP contribution in [0.4, 0.5) is 0 Å². The average Bonchev–Trinajstić information content (AvgIpc) is 2.39. The molecule has 1 aliphatic rings. The summed E-state index contributed by atoms with van der Waals surface area (Å²) in [5.41, 5.74) is 8.24. The lowest BCUT2D eigenvalue weighted by Crippen LogP contribution is -2.53. The number of rotatable bonds is 3. The molecule has 0 radical (unpaired) electrons. The molecule has 1 aliphatic heterocycles. The molecule has 2 N–H and O–H groups in total. The Bertz CT molecular complexity index is 576. The fraction of sp³-hybridized carbons (Fsp3) is 0.357. The monoisotopic (exact) mass is 256 g/mol. The summed E-state index contributed by atoms with van der Waals surface area (Å²) in [5.74, 6) is 0.766. The SMILES string of the molecule is Cc1cc(-c2ccccn2)nc(C2(CN)COC2)n1. The molecule has 3 heterocycles. The second-order valence-corrected chi connectivity index (χ2v) is 4.91. The van der Waals surface area contributed by atoms with E-state index in [-0.39, 0.29) is 5.41 Å². The molecule has 1 fully saturated rings. The Morgan fingerprint density at radius 2 is 2.11 bits per heavy atom. The molecule has 0 amide bonds. The summed E-state index contributed by atoms with van der Waals surface area (Å²) in [5, 5.41) is 0. The molecule has 0 atom stereocenters. The maximum atomic E-state index is 5.86. The maximum Gasteiger partial charge on any atom is 0.141 e. The van der Waals surface area contributed by atoms with Gasteiger partial charge in [0.1, 0.15) is 5.82 Å². The standard InChI is InChI=1S/C14H16N4O/c1-10-6-12(11-4-2-3-5-16-11)18-13(17-10)14(7-15)8-19-9-14/h2-6H,7-9,15H2,1H3. The van der Waals surface area contributed by atoms with Gasteiger partial charge in [-0.2, -0.15) is 0 Å². The highest BCUT2D eigenvalue weighted by atomic mass is 16.5. The molecule has 0 bridgehead atoms. The summed E-state index contributed by atoms with van der Waals surface area (Å²) in [6, 6.07) is 7.72. The zero-order valence-corrected chi connectivity index (χ0v) is 10.8. The summed E-state index contributed by atoms with van der Waals surface area (Å²) in [6.45, 7) is 3.64. The van der Waals surface area contributed by atoms with Crippen molar-refractivity contribution in [1.29, 1.82) is 0 Å². The quantitative estimate of drug-likeness (QED) is 0.889. The molecule has 5 heteroatoms. The summed E-state index contributed by atoms with van der Waals surface area (Å²) in [4.78, 5) is 13.5. The molecule has 5 nitrogen and oxygen atoms in total. The Kier molecular flexibility index (Phi) is 3.00. The van der Waals surface area contributed by atoms with Crippen molar-refractivity contribution >= 4 is 0 Å². The molecule has 19 heavy (non-hydrogen) atoms. The van der Waals surface area contributed by atoms with Gasteiger partial charge in [-0.05, 0) is 25.1 Å². The van der Waals surface area contributed by atoms with Crippen LogP contribution in [-0.2, 0) is 10.2 Å². The van der Waals surface area contributed by atoms with Crippen LogP contribution in [0.5, 0.6) is 0 Å². The van der Waals surface area contributed by atoms with Gasteiger partial charge in [0, 0.05) is 18.4 Å². The lowest BCUT2D eigenvalue weighted by Gasteiger charge is -2.39. The molecule has 2 aromatic rings. The van der Waals surface area contributed by atoms with E-state index in [1.54, 1.807) is 6.20 Å². The van der Waals surface area contributed by atoms with Crippen molar-refractivity contribution in [3.05, 3.63) is 42.0 Å². The van der Waals surface area contributed by atoms with Gasteiger partial charge in [-0.25, -0.2) is 9.97 Å². The van der Waals surface area contributed by atoms with E-state index in [0.29, 0.717) is 19.8 Å². The maximum absolute atomic E-state index is 5.86. The number of nitrogens with two attached hydrogens (primary N) is 1. The molecule has 0 aromatic carbocycles. The van der Waals surface area contributed by atoms with Gasteiger partial charge in [-0.3, -0.25) is 4.98 Å². The highest BCUT2D eigenvalue weighted by molar-refractivity contribution is 5.54. The minimum absolute atomic E-state index is 0.227. The van der Waals surface area contributed by atoms with Gasteiger partial charge < -0.3 is 10.5 Å². The first-order valence-electron chi connectivity index (χ1n) is 6.29. The molecule has 0 saturated carbocycles. The van der Waals surface area contributed by atoms with Crippen LogP contribution in [0, 0.1) is 6.92 Å². The van der Waals surface area contributed by atoms with Crippen LogP contribution in [0.1, 0.15) is 11.5 Å². The van der Waals surface area contributed by atoms with Gasteiger partial charge in [-0.1, -0.05) is 6.07 Å². The van der Waals surface area contributed by atoms with Crippen molar-refractivity contribution in [2.45, 2.75) is 12.3 Å². The molecule has 0 unspecified atom stereocenters. The summed E-state index contributed by atoms with van der Waals surface area (Å²) in [6.07, 6.45) is 1.76. The van der Waals surface area contributed by atoms with Gasteiger partial charge >= 0.3 is 0 Å². The first-order valence-corrected chi connectivity index (χ1v) is 6.29. The van der Waals surface area contributed by atoms with Crippen LogP contribution >= 0.6 is 0 Å². The van der Waals surface area contributed by atoms with E-state index in [2.05, 4.69) is 15.0 Å². The number of ether oxygens (including phenoxy) is 1. The van der Waals surface area contributed by atoms with Crippen molar-refractivity contribution in [2.75, 3.05) is 19.8 Å². The summed E-state index contributed by atoms with van der Waals surface area (Å²) < 4.78 is 5.29.